The highest BCUT2D eigenvalue weighted by Crippen LogP contribution is 2.44. The number of pyridine rings is 1. The van der Waals surface area contributed by atoms with Gasteiger partial charge in [-0.2, -0.15) is 0 Å². The number of carboxylic acid groups (broad SMARTS) is 1. The van der Waals surface area contributed by atoms with Crippen molar-refractivity contribution in [3.05, 3.63) is 52.6 Å². The zero-order valence-electron chi connectivity index (χ0n) is 19.8. The van der Waals surface area contributed by atoms with Gasteiger partial charge in [-0.25, -0.2) is 9.78 Å². The SMILES string of the molecule is CCOc1cc(C(=O)O)cc(Cl)c1-c1cn(C2CCOCC2)c2ncc(-c3c(C)noc3C)cc12. The Hall–Kier alpha value is -3.36. The van der Waals surface area contributed by atoms with Crippen molar-refractivity contribution in [3.8, 4) is 28.0 Å². The molecule has 0 spiro atoms. The molecular formula is C26H26ClN3O5. The second kappa shape index (κ2) is 9.36. The predicted octanol–water partition coefficient (Wildman–Crippen LogP) is 6.08. The molecule has 0 amide bonds. The summed E-state index contributed by atoms with van der Waals surface area (Å²) in [7, 11) is 0. The molecule has 0 aliphatic carbocycles. The summed E-state index contributed by atoms with van der Waals surface area (Å²) in [5.74, 6) is 0.0745. The highest BCUT2D eigenvalue weighted by Gasteiger charge is 2.25. The van der Waals surface area contributed by atoms with Gasteiger partial charge in [0.25, 0.3) is 0 Å². The van der Waals surface area contributed by atoms with Crippen LogP contribution in [-0.4, -0.2) is 45.6 Å². The highest BCUT2D eigenvalue weighted by molar-refractivity contribution is 6.34. The van der Waals surface area contributed by atoms with E-state index in [0.29, 0.717) is 41.9 Å². The normalized spacial score (nSPS) is 14.5. The molecule has 4 heterocycles. The van der Waals surface area contributed by atoms with Gasteiger partial charge in [0.05, 0.1) is 22.9 Å². The maximum absolute atomic E-state index is 11.7. The molecule has 1 fully saturated rings. The number of carboxylic acids is 1. The minimum atomic E-state index is -1.06. The average Bonchev–Trinajstić information content (AvgIpc) is 3.38. The van der Waals surface area contributed by atoms with Crippen LogP contribution >= 0.6 is 11.6 Å². The van der Waals surface area contributed by atoms with Gasteiger partial charge in [-0.15, -0.1) is 0 Å². The van der Waals surface area contributed by atoms with Crippen LogP contribution in [0.25, 0.3) is 33.3 Å². The van der Waals surface area contributed by atoms with E-state index in [1.165, 1.54) is 12.1 Å². The lowest BCUT2D eigenvalue weighted by Gasteiger charge is -2.24. The van der Waals surface area contributed by atoms with Gasteiger partial charge in [-0.3, -0.25) is 0 Å². The second-order valence-electron chi connectivity index (χ2n) is 8.66. The number of hydrogen-bond acceptors (Lipinski definition) is 6. The Morgan fingerprint density at radius 3 is 2.66 bits per heavy atom. The molecule has 1 N–H and O–H groups in total. The first kappa shape index (κ1) is 23.4. The molecule has 1 aromatic carbocycles. The van der Waals surface area contributed by atoms with Crippen molar-refractivity contribution in [3.63, 3.8) is 0 Å². The van der Waals surface area contributed by atoms with E-state index >= 15 is 0 Å². The Bertz CT molecular complexity index is 1400. The first-order chi connectivity index (χ1) is 16.9. The Labute approximate surface area is 207 Å². The number of aromatic carboxylic acids is 1. The minimum absolute atomic E-state index is 0.0740. The standard InChI is InChI=1S/C26H26ClN3O5/c1-4-34-22-11-16(26(31)32)10-21(27)24(22)20-13-30(18-5-7-33-8-6-18)25-19(20)9-17(12-28-25)23-14(2)29-35-15(23)3/h9-13,18H,4-8H2,1-3H3,(H,31,32). The molecule has 1 aliphatic heterocycles. The van der Waals surface area contributed by atoms with E-state index in [1.807, 2.05) is 27.0 Å². The number of halogens is 1. The van der Waals surface area contributed by atoms with Gasteiger partial charge >= 0.3 is 5.97 Å². The van der Waals surface area contributed by atoms with Crippen molar-refractivity contribution in [1.82, 2.24) is 14.7 Å². The number of ether oxygens (including phenoxy) is 2. The lowest BCUT2D eigenvalue weighted by atomic mass is 9.99. The van der Waals surface area contributed by atoms with Crippen molar-refractivity contribution in [2.24, 2.45) is 0 Å². The smallest absolute Gasteiger partial charge is 0.335 e. The molecule has 35 heavy (non-hydrogen) atoms. The number of aromatic nitrogens is 3. The summed E-state index contributed by atoms with van der Waals surface area (Å²) in [5, 5.41) is 14.8. The number of hydrogen-bond donors (Lipinski definition) is 1. The fourth-order valence-electron chi connectivity index (χ4n) is 4.84. The van der Waals surface area contributed by atoms with Crippen molar-refractivity contribution in [2.75, 3.05) is 19.8 Å². The van der Waals surface area contributed by atoms with Gasteiger partial charge in [0, 0.05) is 59.3 Å². The van der Waals surface area contributed by atoms with Crippen molar-refractivity contribution in [1.29, 1.82) is 0 Å². The van der Waals surface area contributed by atoms with Gasteiger partial charge < -0.3 is 23.7 Å². The molecule has 0 radical (unpaired) electrons. The molecule has 5 rings (SSSR count). The fraction of sp³-hybridized carbons (Fsp3) is 0.346. The quantitative estimate of drug-likeness (QED) is 0.346. The van der Waals surface area contributed by atoms with Crippen LogP contribution in [0, 0.1) is 13.8 Å². The summed E-state index contributed by atoms with van der Waals surface area (Å²) in [5.41, 5.74) is 4.95. The largest absolute Gasteiger partial charge is 0.493 e. The second-order valence-corrected chi connectivity index (χ2v) is 9.06. The van der Waals surface area contributed by atoms with E-state index in [4.69, 9.17) is 30.6 Å². The van der Waals surface area contributed by atoms with Crippen LogP contribution in [0.4, 0.5) is 0 Å². The third-order valence-electron chi connectivity index (χ3n) is 6.45. The summed E-state index contributed by atoms with van der Waals surface area (Å²) in [6.45, 7) is 7.38. The topological polar surface area (TPSA) is 99.6 Å². The molecule has 182 valence electrons. The maximum atomic E-state index is 11.7. The Kier molecular flexibility index (Phi) is 6.25. The molecule has 1 aliphatic rings. The van der Waals surface area contributed by atoms with Gasteiger partial charge in [0.2, 0.25) is 0 Å². The number of aryl methyl sites for hydroxylation is 2. The molecule has 4 aromatic rings. The van der Waals surface area contributed by atoms with Crippen LogP contribution in [0.1, 0.15) is 47.6 Å². The van der Waals surface area contributed by atoms with Crippen LogP contribution < -0.4 is 4.74 Å². The molecular weight excluding hydrogens is 470 g/mol. The Balaban J connectivity index is 1.78. The molecule has 0 unspecified atom stereocenters. The van der Waals surface area contributed by atoms with Crippen molar-refractivity contribution >= 4 is 28.6 Å². The molecule has 1 saturated heterocycles. The zero-order valence-corrected chi connectivity index (χ0v) is 20.6. The van der Waals surface area contributed by atoms with Crippen LogP contribution in [0.5, 0.6) is 5.75 Å². The van der Waals surface area contributed by atoms with E-state index in [1.54, 1.807) is 0 Å². The Morgan fingerprint density at radius 2 is 2.00 bits per heavy atom. The molecule has 0 atom stereocenters. The minimum Gasteiger partial charge on any atom is -0.493 e. The van der Waals surface area contributed by atoms with Gasteiger partial charge in [-0.05, 0) is 51.8 Å². The summed E-state index contributed by atoms with van der Waals surface area (Å²) in [4.78, 5) is 16.5. The van der Waals surface area contributed by atoms with Crippen LogP contribution in [0.15, 0.2) is 35.1 Å². The number of benzene rings is 1. The molecule has 9 heteroatoms. The van der Waals surface area contributed by atoms with E-state index in [2.05, 4.69) is 22.0 Å². The lowest BCUT2D eigenvalue weighted by molar-refractivity contribution is 0.0695. The van der Waals surface area contributed by atoms with Gasteiger partial charge in [-0.1, -0.05) is 16.8 Å². The predicted molar refractivity (Wildman–Crippen MR) is 132 cm³/mol. The van der Waals surface area contributed by atoms with Crippen LogP contribution in [0.2, 0.25) is 5.02 Å². The highest BCUT2D eigenvalue weighted by atomic mass is 35.5. The first-order valence-electron chi connectivity index (χ1n) is 11.6. The number of carbonyl (C=O) groups is 1. The summed E-state index contributed by atoms with van der Waals surface area (Å²) < 4.78 is 19.0. The van der Waals surface area contributed by atoms with Gasteiger partial charge in [0.15, 0.2) is 0 Å². The van der Waals surface area contributed by atoms with E-state index in [0.717, 1.165) is 46.3 Å². The first-order valence-corrected chi connectivity index (χ1v) is 12.0. The fourth-order valence-corrected chi connectivity index (χ4v) is 5.15. The molecule has 8 nitrogen and oxygen atoms in total. The summed E-state index contributed by atoms with van der Waals surface area (Å²) >= 11 is 6.72. The van der Waals surface area contributed by atoms with E-state index < -0.39 is 5.97 Å². The number of nitrogens with zero attached hydrogens (tertiary/aromatic N) is 3. The van der Waals surface area contributed by atoms with Gasteiger partial charge in [0.1, 0.15) is 17.2 Å². The van der Waals surface area contributed by atoms with Crippen molar-refractivity contribution in [2.45, 2.75) is 39.7 Å². The molecule has 0 saturated carbocycles. The van der Waals surface area contributed by atoms with Crippen molar-refractivity contribution < 1.29 is 23.9 Å². The third kappa shape index (κ3) is 4.17. The zero-order chi connectivity index (χ0) is 24.7. The third-order valence-corrected chi connectivity index (χ3v) is 6.74. The summed E-state index contributed by atoms with van der Waals surface area (Å²) in [6.07, 6.45) is 5.64. The lowest BCUT2D eigenvalue weighted by Crippen LogP contribution is -2.19. The van der Waals surface area contributed by atoms with Crippen LogP contribution in [0.3, 0.4) is 0 Å². The Morgan fingerprint density at radius 1 is 1.23 bits per heavy atom. The average molecular weight is 496 g/mol. The molecule has 3 aromatic heterocycles. The molecule has 0 bridgehead atoms. The van der Waals surface area contributed by atoms with Crippen LogP contribution in [-0.2, 0) is 4.74 Å². The summed E-state index contributed by atoms with van der Waals surface area (Å²) in [6, 6.07) is 5.28. The monoisotopic (exact) mass is 495 g/mol. The van der Waals surface area contributed by atoms with E-state index in [9.17, 15) is 9.90 Å². The number of fused-ring (bicyclic) bond motifs is 1. The number of rotatable bonds is 6. The van der Waals surface area contributed by atoms with E-state index in [-0.39, 0.29) is 11.6 Å². The maximum Gasteiger partial charge on any atom is 0.335 e.